The molecule has 3 aromatic carbocycles. The Morgan fingerprint density at radius 3 is 2.24 bits per heavy atom. The van der Waals surface area contributed by atoms with Crippen LogP contribution in [0.1, 0.15) is 44.7 Å². The monoisotopic (exact) mass is 496 g/mol. The van der Waals surface area contributed by atoms with Crippen molar-refractivity contribution in [2.75, 3.05) is 13.1 Å². The molecule has 6 nitrogen and oxygen atoms in total. The van der Waals surface area contributed by atoms with Gasteiger partial charge in [0.05, 0.1) is 11.3 Å². The van der Waals surface area contributed by atoms with Crippen LogP contribution in [0.25, 0.3) is 16.9 Å². The van der Waals surface area contributed by atoms with Crippen molar-refractivity contribution in [3.05, 3.63) is 107 Å². The fraction of sp³-hybridized carbons (Fsp3) is 0.233. The average Bonchev–Trinajstić information content (AvgIpc) is 3.35. The lowest BCUT2D eigenvalue weighted by Crippen LogP contribution is -2.46. The number of aryl methyl sites for hydroxylation is 2. The highest BCUT2D eigenvalue weighted by molar-refractivity contribution is 6.00. The van der Waals surface area contributed by atoms with Gasteiger partial charge < -0.3 is 10.2 Å². The van der Waals surface area contributed by atoms with Crippen LogP contribution in [-0.4, -0.2) is 45.6 Å². The van der Waals surface area contributed by atoms with Gasteiger partial charge in [-0.05, 0) is 62.6 Å². The quantitative estimate of drug-likeness (QED) is 0.406. The molecule has 0 spiro atoms. The molecule has 0 bridgehead atoms. The molecule has 37 heavy (non-hydrogen) atoms. The van der Waals surface area contributed by atoms with E-state index in [1.54, 1.807) is 23.0 Å². The second-order valence-electron chi connectivity index (χ2n) is 9.53. The molecule has 1 N–H and O–H groups in total. The zero-order valence-electron chi connectivity index (χ0n) is 20.9. The maximum absolute atomic E-state index is 13.7. The van der Waals surface area contributed by atoms with Crippen molar-refractivity contribution in [1.29, 1.82) is 0 Å². The molecule has 2 amide bonds. The Morgan fingerprint density at radius 2 is 1.57 bits per heavy atom. The lowest BCUT2D eigenvalue weighted by Gasteiger charge is -2.32. The third kappa shape index (κ3) is 5.31. The minimum atomic E-state index is -0.330. The van der Waals surface area contributed by atoms with E-state index in [-0.39, 0.29) is 23.7 Å². The lowest BCUT2D eigenvalue weighted by atomic mass is 10.0. The number of carbonyl (C=O) groups excluding carboxylic acids is 2. The molecule has 1 aliphatic rings. The van der Waals surface area contributed by atoms with Crippen molar-refractivity contribution in [3.63, 3.8) is 0 Å². The zero-order valence-corrected chi connectivity index (χ0v) is 20.9. The number of aromatic nitrogens is 2. The van der Waals surface area contributed by atoms with Gasteiger partial charge in [-0.3, -0.25) is 9.59 Å². The summed E-state index contributed by atoms with van der Waals surface area (Å²) < 4.78 is 15.1. The predicted octanol–water partition coefficient (Wildman–Crippen LogP) is 5.33. The topological polar surface area (TPSA) is 67.2 Å². The molecule has 1 saturated heterocycles. The van der Waals surface area contributed by atoms with Gasteiger partial charge >= 0.3 is 0 Å². The molecule has 188 valence electrons. The first-order chi connectivity index (χ1) is 17.9. The van der Waals surface area contributed by atoms with Crippen molar-refractivity contribution in [1.82, 2.24) is 20.0 Å². The number of likely N-dealkylation sites (tertiary alicyclic amines) is 1. The van der Waals surface area contributed by atoms with Crippen LogP contribution in [0.15, 0.2) is 79.0 Å². The second kappa shape index (κ2) is 10.4. The van der Waals surface area contributed by atoms with Crippen molar-refractivity contribution in [2.24, 2.45) is 0 Å². The normalized spacial score (nSPS) is 14.0. The minimum absolute atomic E-state index is 0.00895. The second-order valence-corrected chi connectivity index (χ2v) is 9.53. The molecule has 1 aliphatic heterocycles. The Hall–Kier alpha value is -4.26. The summed E-state index contributed by atoms with van der Waals surface area (Å²) in [6.45, 7) is 5.00. The number of halogens is 1. The van der Waals surface area contributed by atoms with Crippen LogP contribution >= 0.6 is 0 Å². The molecule has 0 unspecified atom stereocenters. The molecule has 0 atom stereocenters. The average molecular weight is 497 g/mol. The van der Waals surface area contributed by atoms with Crippen LogP contribution < -0.4 is 5.32 Å². The molecule has 5 rings (SSSR count). The molecule has 4 aromatic rings. The Balaban J connectivity index is 1.34. The number of nitrogens with one attached hydrogen (secondary N) is 1. The van der Waals surface area contributed by atoms with E-state index in [1.165, 1.54) is 12.1 Å². The fourth-order valence-corrected chi connectivity index (χ4v) is 4.67. The predicted molar refractivity (Wildman–Crippen MR) is 141 cm³/mol. The largest absolute Gasteiger partial charge is 0.349 e. The summed E-state index contributed by atoms with van der Waals surface area (Å²) in [5.41, 5.74) is 5.33. The van der Waals surface area contributed by atoms with Crippen molar-refractivity contribution in [2.45, 2.75) is 32.7 Å². The maximum atomic E-state index is 13.7. The molecule has 1 fully saturated rings. The maximum Gasteiger partial charge on any atom is 0.257 e. The van der Waals surface area contributed by atoms with E-state index in [2.05, 4.69) is 5.32 Å². The molecule has 2 heterocycles. The smallest absolute Gasteiger partial charge is 0.257 e. The van der Waals surface area contributed by atoms with Gasteiger partial charge in [-0.1, -0.05) is 48.0 Å². The standard InChI is InChI=1S/C30H29FN4O2/c1-20-7-9-22(10-8-20)28-27(19-35(33-28)25-13-11-23(31)12-14-25)30(37)34-17-15-24(16-18-34)32-29(36)26-6-4-3-5-21(26)2/h3-14,19,24H,15-18H2,1-2H3,(H,32,36). The SMILES string of the molecule is Cc1ccc(-c2nn(-c3ccc(F)cc3)cc2C(=O)N2CCC(NC(=O)c3ccccc3C)CC2)cc1. The number of piperidine rings is 1. The summed E-state index contributed by atoms with van der Waals surface area (Å²) >= 11 is 0. The Labute approximate surface area is 215 Å². The molecule has 0 saturated carbocycles. The first-order valence-electron chi connectivity index (χ1n) is 12.5. The highest BCUT2D eigenvalue weighted by Crippen LogP contribution is 2.27. The number of amides is 2. The van der Waals surface area contributed by atoms with E-state index in [9.17, 15) is 14.0 Å². The van der Waals surface area contributed by atoms with Crippen LogP contribution in [-0.2, 0) is 0 Å². The molecular weight excluding hydrogens is 467 g/mol. The van der Waals surface area contributed by atoms with Gasteiger partial charge in [0.15, 0.2) is 0 Å². The van der Waals surface area contributed by atoms with Crippen molar-refractivity contribution in [3.8, 4) is 16.9 Å². The summed E-state index contributed by atoms with van der Waals surface area (Å²) in [7, 11) is 0. The van der Waals surface area contributed by atoms with Gasteiger partial charge in [0.1, 0.15) is 11.5 Å². The summed E-state index contributed by atoms with van der Waals surface area (Å²) in [6, 6.07) is 21.5. The molecular formula is C30H29FN4O2. The third-order valence-corrected chi connectivity index (χ3v) is 6.87. The summed E-state index contributed by atoms with van der Waals surface area (Å²) in [4.78, 5) is 28.2. The number of carbonyl (C=O) groups is 2. The number of rotatable bonds is 5. The van der Waals surface area contributed by atoms with E-state index in [4.69, 9.17) is 5.10 Å². The van der Waals surface area contributed by atoms with Crippen molar-refractivity contribution >= 4 is 11.8 Å². The van der Waals surface area contributed by atoms with E-state index in [0.717, 1.165) is 16.7 Å². The summed E-state index contributed by atoms with van der Waals surface area (Å²) in [5, 5.41) is 7.84. The highest BCUT2D eigenvalue weighted by Gasteiger charge is 2.28. The summed E-state index contributed by atoms with van der Waals surface area (Å²) in [5.74, 6) is -0.513. The number of nitrogens with zero attached hydrogens (tertiary/aromatic N) is 3. The molecule has 0 aliphatic carbocycles. The van der Waals surface area contributed by atoms with Crippen LogP contribution in [0.2, 0.25) is 0 Å². The first-order valence-corrected chi connectivity index (χ1v) is 12.5. The van der Waals surface area contributed by atoms with Gasteiger partial charge in [-0.15, -0.1) is 0 Å². The number of hydrogen-bond donors (Lipinski definition) is 1. The van der Waals surface area contributed by atoms with E-state index in [1.807, 2.05) is 67.3 Å². The minimum Gasteiger partial charge on any atom is -0.349 e. The van der Waals surface area contributed by atoms with Gasteiger partial charge in [0.2, 0.25) is 0 Å². The lowest BCUT2D eigenvalue weighted by molar-refractivity contribution is 0.0699. The van der Waals surface area contributed by atoms with Crippen LogP contribution in [0.5, 0.6) is 0 Å². The Bertz CT molecular complexity index is 1420. The van der Waals surface area contributed by atoms with E-state index < -0.39 is 0 Å². The van der Waals surface area contributed by atoms with Gasteiger partial charge in [0.25, 0.3) is 11.8 Å². The van der Waals surface area contributed by atoms with E-state index >= 15 is 0 Å². The highest BCUT2D eigenvalue weighted by atomic mass is 19.1. The molecule has 1 aromatic heterocycles. The van der Waals surface area contributed by atoms with E-state index in [0.29, 0.717) is 48.4 Å². The number of benzene rings is 3. The van der Waals surface area contributed by atoms with Gasteiger partial charge in [0, 0.05) is 36.5 Å². The Kier molecular flexibility index (Phi) is 6.86. The molecule has 7 heteroatoms. The van der Waals surface area contributed by atoms with Gasteiger partial charge in [-0.2, -0.15) is 5.10 Å². The van der Waals surface area contributed by atoms with Crippen LogP contribution in [0.4, 0.5) is 4.39 Å². The molecule has 0 radical (unpaired) electrons. The van der Waals surface area contributed by atoms with Crippen LogP contribution in [0, 0.1) is 19.7 Å². The number of hydrogen-bond acceptors (Lipinski definition) is 3. The summed E-state index contributed by atoms with van der Waals surface area (Å²) in [6.07, 6.45) is 3.07. The fourth-order valence-electron chi connectivity index (χ4n) is 4.67. The van der Waals surface area contributed by atoms with Crippen LogP contribution in [0.3, 0.4) is 0 Å². The zero-order chi connectivity index (χ0) is 25.9. The first kappa shape index (κ1) is 24.4. The van der Waals surface area contributed by atoms with Gasteiger partial charge in [-0.25, -0.2) is 9.07 Å². The third-order valence-electron chi connectivity index (χ3n) is 6.87. The Morgan fingerprint density at radius 1 is 0.892 bits per heavy atom. The van der Waals surface area contributed by atoms with Crippen molar-refractivity contribution < 1.29 is 14.0 Å².